The molecule has 5 nitrogen and oxygen atoms in total. The van der Waals surface area contributed by atoms with Crippen LogP contribution in [0.1, 0.15) is 46.5 Å². The van der Waals surface area contributed by atoms with Gasteiger partial charge in [-0.25, -0.2) is 0 Å². The number of nitrogens with two attached hydrogens (primary N) is 2. The molecule has 1 amide bonds. The lowest BCUT2D eigenvalue weighted by molar-refractivity contribution is -0.126. The molecule has 0 aliphatic carbocycles. The summed E-state index contributed by atoms with van der Waals surface area (Å²) in [4.78, 5) is 20.0. The quantitative estimate of drug-likeness (QED) is 0.758. The second-order valence-corrected chi connectivity index (χ2v) is 4.68. The van der Waals surface area contributed by atoms with E-state index in [0.29, 0.717) is 12.3 Å². The maximum absolute atomic E-state index is 12.2. The Balaban J connectivity index is 3.15. The summed E-state index contributed by atoms with van der Waals surface area (Å²) < 4.78 is 0. The molecule has 17 heavy (non-hydrogen) atoms. The van der Waals surface area contributed by atoms with Crippen LogP contribution in [0, 0.1) is 11.3 Å². The lowest BCUT2D eigenvalue weighted by atomic mass is 9.69. The van der Waals surface area contributed by atoms with E-state index in [1.54, 1.807) is 0 Å². The van der Waals surface area contributed by atoms with Crippen molar-refractivity contribution >= 4 is 17.7 Å². The molecule has 0 radical (unpaired) electrons. The minimum absolute atomic E-state index is 0.0251. The summed E-state index contributed by atoms with van der Waals surface area (Å²) in [5.41, 5.74) is 10.7. The number of carbonyl (C=O) groups is 1. The Labute approximate surface area is 102 Å². The van der Waals surface area contributed by atoms with Crippen LogP contribution >= 0.6 is 0 Å². The zero-order valence-corrected chi connectivity index (χ0v) is 10.9. The summed E-state index contributed by atoms with van der Waals surface area (Å²) in [6.07, 6.45) is 3.48. The number of nitrogens with zero attached hydrogens (tertiary/aromatic N) is 2. The molecule has 1 aliphatic rings. The lowest BCUT2D eigenvalue weighted by Gasteiger charge is -2.37. The number of guanidine groups is 1. The van der Waals surface area contributed by atoms with Gasteiger partial charge in [-0.1, -0.05) is 33.6 Å². The van der Waals surface area contributed by atoms with Crippen molar-refractivity contribution in [2.75, 3.05) is 0 Å². The van der Waals surface area contributed by atoms with E-state index >= 15 is 0 Å². The van der Waals surface area contributed by atoms with Crippen LogP contribution in [0.3, 0.4) is 0 Å². The Morgan fingerprint density at radius 2 is 1.88 bits per heavy atom. The molecule has 4 N–H and O–H groups in total. The van der Waals surface area contributed by atoms with E-state index in [9.17, 15) is 4.79 Å². The summed E-state index contributed by atoms with van der Waals surface area (Å²) in [5.74, 6) is 0.214. The van der Waals surface area contributed by atoms with Gasteiger partial charge in [-0.05, 0) is 18.8 Å². The van der Waals surface area contributed by atoms with E-state index in [2.05, 4.69) is 16.9 Å². The monoisotopic (exact) mass is 238 g/mol. The highest BCUT2D eigenvalue weighted by atomic mass is 16.2. The minimum atomic E-state index is -0.742. The summed E-state index contributed by atoms with van der Waals surface area (Å²) >= 11 is 0. The van der Waals surface area contributed by atoms with Crippen molar-refractivity contribution in [3.8, 4) is 0 Å². The number of aliphatic imine (C=N–C) groups is 2. The van der Waals surface area contributed by atoms with Crippen LogP contribution in [0.4, 0.5) is 0 Å². The van der Waals surface area contributed by atoms with Crippen molar-refractivity contribution in [1.29, 1.82) is 0 Å². The Hall–Kier alpha value is -1.39. The highest BCUT2D eigenvalue weighted by Gasteiger charge is 2.47. The Kier molecular flexibility index (Phi) is 4.26. The van der Waals surface area contributed by atoms with E-state index < -0.39 is 5.41 Å². The first kappa shape index (κ1) is 13.7. The fourth-order valence-corrected chi connectivity index (χ4v) is 2.58. The van der Waals surface area contributed by atoms with E-state index in [1.807, 2.05) is 13.8 Å². The van der Waals surface area contributed by atoms with E-state index in [1.165, 1.54) is 0 Å². The normalized spacial score (nSPS) is 26.4. The average Bonchev–Trinajstić information content (AvgIpc) is 2.23. The molecule has 0 saturated carbocycles. The smallest absolute Gasteiger partial charge is 0.263 e. The van der Waals surface area contributed by atoms with Gasteiger partial charge in [0.25, 0.3) is 5.91 Å². The molecule has 0 aromatic heterocycles. The zero-order valence-electron chi connectivity index (χ0n) is 10.9. The van der Waals surface area contributed by atoms with Gasteiger partial charge in [-0.3, -0.25) is 4.79 Å². The first-order valence-electron chi connectivity index (χ1n) is 6.22. The molecule has 2 atom stereocenters. The molecule has 2 unspecified atom stereocenters. The molecular weight excluding hydrogens is 216 g/mol. The van der Waals surface area contributed by atoms with Gasteiger partial charge in [-0.15, -0.1) is 0 Å². The Bertz CT molecular complexity index is 362. The predicted molar refractivity (Wildman–Crippen MR) is 69.7 cm³/mol. The third-order valence-electron chi connectivity index (χ3n) is 3.50. The first-order chi connectivity index (χ1) is 7.98. The average molecular weight is 238 g/mol. The molecule has 0 spiro atoms. The van der Waals surface area contributed by atoms with Crippen LogP contribution in [0.15, 0.2) is 9.98 Å². The van der Waals surface area contributed by atoms with E-state index in [4.69, 9.17) is 11.5 Å². The molecule has 1 rings (SSSR count). The summed E-state index contributed by atoms with van der Waals surface area (Å²) in [5, 5.41) is 0. The van der Waals surface area contributed by atoms with Gasteiger partial charge in [-0.2, -0.15) is 9.98 Å². The number of carbonyl (C=O) groups excluding carboxylic acids is 1. The summed E-state index contributed by atoms with van der Waals surface area (Å²) in [6.45, 7) is 6.16. The van der Waals surface area contributed by atoms with Crippen LogP contribution in [0.25, 0.3) is 0 Å². The summed E-state index contributed by atoms with van der Waals surface area (Å²) in [6, 6.07) is 0. The lowest BCUT2D eigenvalue weighted by Crippen LogP contribution is -2.51. The van der Waals surface area contributed by atoms with E-state index in [-0.39, 0.29) is 17.8 Å². The number of amides is 1. The van der Waals surface area contributed by atoms with Crippen LogP contribution in [0.2, 0.25) is 0 Å². The third-order valence-corrected chi connectivity index (χ3v) is 3.50. The molecule has 0 fully saturated rings. The minimum Gasteiger partial charge on any atom is -0.386 e. The van der Waals surface area contributed by atoms with Crippen LogP contribution in [-0.2, 0) is 4.79 Å². The first-order valence-corrected chi connectivity index (χ1v) is 6.22. The van der Waals surface area contributed by atoms with Crippen LogP contribution < -0.4 is 11.5 Å². The fourth-order valence-electron chi connectivity index (χ4n) is 2.58. The second kappa shape index (κ2) is 5.29. The van der Waals surface area contributed by atoms with Gasteiger partial charge in [0.05, 0.1) is 0 Å². The predicted octanol–water partition coefficient (Wildman–Crippen LogP) is 1.42. The van der Waals surface area contributed by atoms with Crippen molar-refractivity contribution in [1.82, 2.24) is 0 Å². The third kappa shape index (κ3) is 2.33. The largest absolute Gasteiger partial charge is 0.386 e. The SMILES string of the molecule is CCCC(C)C1(CCC)C(=O)N=C(N)N=C1N. The molecule has 1 heterocycles. The van der Waals surface area contributed by atoms with Gasteiger partial charge in [0.1, 0.15) is 11.3 Å². The zero-order chi connectivity index (χ0) is 13.1. The van der Waals surface area contributed by atoms with Gasteiger partial charge in [0.2, 0.25) is 5.96 Å². The molecular formula is C12H22N4O. The second-order valence-electron chi connectivity index (χ2n) is 4.68. The van der Waals surface area contributed by atoms with E-state index in [0.717, 1.165) is 19.3 Å². The number of hydrogen-bond acceptors (Lipinski definition) is 4. The van der Waals surface area contributed by atoms with Crippen molar-refractivity contribution in [3.05, 3.63) is 0 Å². The number of hydrogen-bond donors (Lipinski definition) is 2. The highest BCUT2D eigenvalue weighted by Crippen LogP contribution is 2.39. The van der Waals surface area contributed by atoms with Crippen molar-refractivity contribution in [3.63, 3.8) is 0 Å². The molecule has 1 aliphatic heterocycles. The number of amidine groups is 1. The number of rotatable bonds is 5. The highest BCUT2D eigenvalue weighted by molar-refractivity contribution is 6.17. The standard InChI is InChI=1S/C12H22N4O/c1-4-6-8(3)12(7-5-2)9(13)15-11(14)16-10(12)17/h8H,4-7H2,1-3H3,(H4,13,14,15,16,17). The van der Waals surface area contributed by atoms with Crippen molar-refractivity contribution in [2.45, 2.75) is 46.5 Å². The molecule has 96 valence electrons. The van der Waals surface area contributed by atoms with Crippen molar-refractivity contribution in [2.24, 2.45) is 32.8 Å². The van der Waals surface area contributed by atoms with Gasteiger partial charge < -0.3 is 11.5 Å². The van der Waals surface area contributed by atoms with Gasteiger partial charge in [0, 0.05) is 0 Å². The van der Waals surface area contributed by atoms with Crippen LogP contribution in [0.5, 0.6) is 0 Å². The Morgan fingerprint density at radius 1 is 1.24 bits per heavy atom. The molecule has 0 saturated heterocycles. The molecule has 0 aromatic rings. The maximum atomic E-state index is 12.2. The molecule has 0 aromatic carbocycles. The Morgan fingerprint density at radius 3 is 2.35 bits per heavy atom. The molecule has 0 bridgehead atoms. The fraction of sp³-hybridized carbons (Fsp3) is 0.750. The molecule has 5 heteroatoms. The topological polar surface area (TPSA) is 93.8 Å². The maximum Gasteiger partial charge on any atom is 0.263 e. The summed E-state index contributed by atoms with van der Waals surface area (Å²) in [7, 11) is 0. The van der Waals surface area contributed by atoms with Crippen LogP contribution in [-0.4, -0.2) is 17.7 Å². The van der Waals surface area contributed by atoms with Gasteiger partial charge in [0.15, 0.2) is 0 Å². The van der Waals surface area contributed by atoms with Crippen molar-refractivity contribution < 1.29 is 4.79 Å². The van der Waals surface area contributed by atoms with Gasteiger partial charge >= 0.3 is 0 Å².